The molecule has 0 saturated carbocycles. The number of epoxide rings is 1. The molecule has 0 aromatic heterocycles. The standard InChI is InChI=1S/C18H30O3/c1-2-3-10-13-16-17(21-16)14-11-8-6-4-5-7-9-12-15-18(19)20/h3,8,10-11,16-17H,2,4-7,9,12-15H2,1H3,(H,19,20)/b10-3+,11-8-/t16-,17+/m1/s1. The van der Waals surface area contributed by atoms with Gasteiger partial charge in [0, 0.05) is 6.42 Å². The molecule has 0 unspecified atom stereocenters. The van der Waals surface area contributed by atoms with Crippen LogP contribution in [0.5, 0.6) is 0 Å². The molecule has 0 spiro atoms. The molecule has 1 aliphatic heterocycles. The van der Waals surface area contributed by atoms with Crippen molar-refractivity contribution in [3.8, 4) is 0 Å². The van der Waals surface area contributed by atoms with Crippen molar-refractivity contribution in [2.45, 2.75) is 83.3 Å². The van der Waals surface area contributed by atoms with Gasteiger partial charge in [0.15, 0.2) is 0 Å². The van der Waals surface area contributed by atoms with E-state index in [9.17, 15) is 4.79 Å². The molecule has 0 bridgehead atoms. The normalized spacial score (nSPS) is 21.4. The van der Waals surface area contributed by atoms with Gasteiger partial charge in [-0.25, -0.2) is 0 Å². The van der Waals surface area contributed by atoms with Crippen molar-refractivity contribution in [1.29, 1.82) is 0 Å². The van der Waals surface area contributed by atoms with Gasteiger partial charge in [-0.2, -0.15) is 0 Å². The second-order valence-electron chi connectivity index (χ2n) is 5.74. The summed E-state index contributed by atoms with van der Waals surface area (Å²) < 4.78 is 5.60. The third kappa shape index (κ3) is 10.3. The third-order valence-electron chi connectivity index (χ3n) is 3.75. The second kappa shape index (κ2) is 11.6. The van der Waals surface area contributed by atoms with Gasteiger partial charge in [-0.1, -0.05) is 50.5 Å². The van der Waals surface area contributed by atoms with E-state index < -0.39 is 5.97 Å². The van der Waals surface area contributed by atoms with E-state index in [1.807, 2.05) is 0 Å². The van der Waals surface area contributed by atoms with Crippen LogP contribution >= 0.6 is 0 Å². The lowest BCUT2D eigenvalue weighted by Crippen LogP contribution is -1.93. The number of carbonyl (C=O) groups is 1. The Bertz CT molecular complexity index is 333. The Morgan fingerprint density at radius 1 is 0.952 bits per heavy atom. The minimum Gasteiger partial charge on any atom is -0.481 e. The Labute approximate surface area is 129 Å². The lowest BCUT2D eigenvalue weighted by atomic mass is 10.1. The lowest BCUT2D eigenvalue weighted by Gasteiger charge is -1.98. The van der Waals surface area contributed by atoms with Crippen LogP contribution in [0.15, 0.2) is 24.3 Å². The van der Waals surface area contributed by atoms with Crippen molar-refractivity contribution in [1.82, 2.24) is 0 Å². The SMILES string of the molecule is CC/C=C/C[C@H]1O[C@H]1C/C=C\CCCCCCCC(=O)O. The van der Waals surface area contributed by atoms with Crippen LogP contribution in [0.3, 0.4) is 0 Å². The monoisotopic (exact) mass is 294 g/mol. The van der Waals surface area contributed by atoms with E-state index in [2.05, 4.69) is 31.2 Å². The van der Waals surface area contributed by atoms with Crippen molar-refractivity contribution in [2.24, 2.45) is 0 Å². The van der Waals surface area contributed by atoms with Gasteiger partial charge in [-0.15, -0.1) is 0 Å². The smallest absolute Gasteiger partial charge is 0.303 e. The van der Waals surface area contributed by atoms with E-state index in [1.54, 1.807) is 0 Å². The fraction of sp³-hybridized carbons (Fsp3) is 0.722. The van der Waals surface area contributed by atoms with E-state index in [-0.39, 0.29) is 0 Å². The maximum atomic E-state index is 10.3. The molecule has 0 aromatic carbocycles. The van der Waals surface area contributed by atoms with Gasteiger partial charge in [0.25, 0.3) is 0 Å². The summed E-state index contributed by atoms with van der Waals surface area (Å²) in [7, 11) is 0. The van der Waals surface area contributed by atoms with Crippen molar-refractivity contribution in [3.05, 3.63) is 24.3 Å². The van der Waals surface area contributed by atoms with Gasteiger partial charge in [-0.05, 0) is 38.5 Å². The van der Waals surface area contributed by atoms with Gasteiger partial charge < -0.3 is 9.84 Å². The van der Waals surface area contributed by atoms with E-state index in [0.717, 1.165) is 44.9 Å². The molecule has 3 heteroatoms. The highest BCUT2D eigenvalue weighted by Gasteiger charge is 2.35. The summed E-state index contributed by atoms with van der Waals surface area (Å²) in [5.41, 5.74) is 0. The summed E-state index contributed by atoms with van der Waals surface area (Å²) in [6, 6.07) is 0. The largest absolute Gasteiger partial charge is 0.481 e. The third-order valence-corrected chi connectivity index (χ3v) is 3.75. The number of allylic oxidation sites excluding steroid dienone is 2. The van der Waals surface area contributed by atoms with Crippen LogP contribution in [0.25, 0.3) is 0 Å². The molecule has 21 heavy (non-hydrogen) atoms. The Morgan fingerprint density at radius 2 is 1.57 bits per heavy atom. The minimum atomic E-state index is -0.677. The molecule has 0 radical (unpaired) electrons. The number of hydrogen-bond donors (Lipinski definition) is 1. The highest BCUT2D eigenvalue weighted by Crippen LogP contribution is 2.29. The Balaban J connectivity index is 1.84. The highest BCUT2D eigenvalue weighted by molar-refractivity contribution is 5.66. The first-order valence-electron chi connectivity index (χ1n) is 8.41. The molecule has 120 valence electrons. The molecule has 1 aliphatic rings. The highest BCUT2D eigenvalue weighted by atomic mass is 16.6. The maximum Gasteiger partial charge on any atom is 0.303 e. The molecular weight excluding hydrogens is 264 g/mol. The van der Waals surface area contributed by atoms with Crippen LogP contribution in [-0.4, -0.2) is 23.3 Å². The predicted octanol–water partition coefficient (Wildman–Crippen LogP) is 4.87. The molecule has 2 atom stereocenters. The molecule has 1 fully saturated rings. The summed E-state index contributed by atoms with van der Waals surface area (Å²) in [6.45, 7) is 2.15. The second-order valence-corrected chi connectivity index (χ2v) is 5.74. The van der Waals surface area contributed by atoms with Crippen LogP contribution in [0, 0.1) is 0 Å². The van der Waals surface area contributed by atoms with E-state index >= 15 is 0 Å². The van der Waals surface area contributed by atoms with E-state index in [0.29, 0.717) is 18.6 Å². The number of unbranched alkanes of at least 4 members (excludes halogenated alkanes) is 5. The van der Waals surface area contributed by atoms with E-state index in [1.165, 1.54) is 12.8 Å². The Kier molecular flexibility index (Phi) is 9.88. The Hall–Kier alpha value is -1.09. The van der Waals surface area contributed by atoms with Crippen LogP contribution in [0.2, 0.25) is 0 Å². The number of rotatable bonds is 13. The molecule has 0 aliphatic carbocycles. The summed E-state index contributed by atoms with van der Waals surface area (Å²) in [5.74, 6) is -0.677. The number of ether oxygens (including phenoxy) is 1. The molecule has 0 amide bonds. The molecule has 1 N–H and O–H groups in total. The molecule has 3 nitrogen and oxygen atoms in total. The van der Waals surface area contributed by atoms with Crippen molar-refractivity contribution >= 4 is 5.97 Å². The first kappa shape index (κ1) is 18.0. The van der Waals surface area contributed by atoms with Crippen LogP contribution in [0.1, 0.15) is 71.1 Å². The first-order valence-corrected chi connectivity index (χ1v) is 8.41. The van der Waals surface area contributed by atoms with Crippen molar-refractivity contribution < 1.29 is 14.6 Å². The average Bonchev–Trinajstić information content (AvgIpc) is 3.19. The summed E-state index contributed by atoms with van der Waals surface area (Å²) in [4.78, 5) is 10.3. The zero-order valence-electron chi connectivity index (χ0n) is 13.3. The van der Waals surface area contributed by atoms with Crippen LogP contribution in [0.4, 0.5) is 0 Å². The summed E-state index contributed by atoms with van der Waals surface area (Å²) in [6.07, 6.45) is 19.9. The van der Waals surface area contributed by atoms with Crippen molar-refractivity contribution in [2.75, 3.05) is 0 Å². The molecule has 1 heterocycles. The van der Waals surface area contributed by atoms with Gasteiger partial charge in [0.2, 0.25) is 0 Å². The lowest BCUT2D eigenvalue weighted by molar-refractivity contribution is -0.137. The van der Waals surface area contributed by atoms with Gasteiger partial charge in [0.05, 0.1) is 12.2 Å². The molecular formula is C18H30O3. The van der Waals surface area contributed by atoms with Crippen LogP contribution in [-0.2, 0) is 9.53 Å². The number of hydrogen-bond acceptors (Lipinski definition) is 2. The van der Waals surface area contributed by atoms with Gasteiger partial charge in [-0.3, -0.25) is 4.79 Å². The van der Waals surface area contributed by atoms with Crippen molar-refractivity contribution in [3.63, 3.8) is 0 Å². The Morgan fingerprint density at radius 3 is 2.24 bits per heavy atom. The topological polar surface area (TPSA) is 49.8 Å². The zero-order chi connectivity index (χ0) is 15.3. The predicted molar refractivity (Wildman–Crippen MR) is 86.4 cm³/mol. The fourth-order valence-corrected chi connectivity index (χ4v) is 2.41. The summed E-state index contributed by atoms with van der Waals surface area (Å²) in [5, 5.41) is 8.52. The first-order chi connectivity index (χ1) is 10.2. The van der Waals surface area contributed by atoms with E-state index in [4.69, 9.17) is 9.84 Å². The molecule has 1 rings (SSSR count). The maximum absolute atomic E-state index is 10.3. The number of aliphatic carboxylic acids is 1. The van der Waals surface area contributed by atoms with Gasteiger partial charge >= 0.3 is 5.97 Å². The summed E-state index contributed by atoms with van der Waals surface area (Å²) >= 11 is 0. The zero-order valence-corrected chi connectivity index (χ0v) is 13.3. The fourth-order valence-electron chi connectivity index (χ4n) is 2.41. The van der Waals surface area contributed by atoms with Crippen LogP contribution < -0.4 is 0 Å². The minimum absolute atomic E-state index is 0.315. The molecule has 1 saturated heterocycles. The number of carboxylic acids is 1. The molecule has 0 aromatic rings. The average molecular weight is 294 g/mol. The quantitative estimate of drug-likeness (QED) is 0.299. The number of carboxylic acid groups (broad SMARTS) is 1. The van der Waals surface area contributed by atoms with Gasteiger partial charge in [0.1, 0.15) is 0 Å².